The number of ether oxygens (including phenoxy) is 1. The summed E-state index contributed by atoms with van der Waals surface area (Å²) in [5, 5.41) is 14.3. The van der Waals surface area contributed by atoms with Gasteiger partial charge in [-0.05, 0) is 44.4 Å². The Balaban J connectivity index is 2.46. The van der Waals surface area contributed by atoms with Crippen molar-refractivity contribution < 1.29 is 23.4 Å². The molecule has 0 radical (unpaired) electrons. The molecule has 0 spiro atoms. The fraction of sp³-hybridized carbons (Fsp3) is 0.533. The van der Waals surface area contributed by atoms with Crippen LogP contribution in [0.15, 0.2) is 24.3 Å². The van der Waals surface area contributed by atoms with Gasteiger partial charge in [0.1, 0.15) is 5.75 Å². The third-order valence-electron chi connectivity index (χ3n) is 3.13. The van der Waals surface area contributed by atoms with Crippen molar-refractivity contribution in [2.24, 2.45) is 0 Å². The van der Waals surface area contributed by atoms with Crippen molar-refractivity contribution >= 4 is 6.03 Å². The summed E-state index contributed by atoms with van der Waals surface area (Å²) in [5.74, 6) is 0.0769. The van der Waals surface area contributed by atoms with E-state index in [0.717, 1.165) is 5.56 Å². The Labute approximate surface area is 128 Å². The number of hydrogen-bond acceptors (Lipinski definition) is 3. The van der Waals surface area contributed by atoms with Crippen LogP contribution in [0, 0.1) is 0 Å². The summed E-state index contributed by atoms with van der Waals surface area (Å²) in [7, 11) is 0. The molecule has 124 valence electrons. The maximum absolute atomic E-state index is 12.1. The molecule has 0 saturated carbocycles. The first-order valence-corrected chi connectivity index (χ1v) is 7.15. The van der Waals surface area contributed by atoms with Gasteiger partial charge >= 0.3 is 12.6 Å². The number of carbonyl (C=O) groups excluding carboxylic acids is 1. The standard InChI is InChI=1S/C15H22F2N2O3/c1-10(4-3-9-20)18-15(21)19-11(2)12-5-7-13(8-6-12)22-14(16)17/h5-8,10-11,14,20H,3-4,9H2,1-2H3,(H2,18,19,21). The molecule has 0 aliphatic carbocycles. The first kappa shape index (κ1) is 18.2. The number of hydrogen-bond donors (Lipinski definition) is 3. The van der Waals surface area contributed by atoms with Crippen molar-refractivity contribution in [2.75, 3.05) is 6.61 Å². The zero-order chi connectivity index (χ0) is 16.5. The number of aliphatic hydroxyl groups excluding tert-OH is 1. The number of nitrogens with one attached hydrogen (secondary N) is 2. The molecule has 3 N–H and O–H groups in total. The van der Waals surface area contributed by atoms with Crippen molar-refractivity contribution in [3.05, 3.63) is 29.8 Å². The number of alkyl halides is 2. The Kier molecular flexibility index (Phi) is 7.59. The fourth-order valence-corrected chi connectivity index (χ4v) is 1.95. The molecule has 0 aromatic heterocycles. The molecular weight excluding hydrogens is 294 g/mol. The maximum Gasteiger partial charge on any atom is 0.387 e. The zero-order valence-electron chi connectivity index (χ0n) is 12.7. The molecule has 0 aliphatic heterocycles. The van der Waals surface area contributed by atoms with Crippen molar-refractivity contribution in [2.45, 2.75) is 45.4 Å². The van der Waals surface area contributed by atoms with Crippen LogP contribution in [-0.4, -0.2) is 30.4 Å². The van der Waals surface area contributed by atoms with Gasteiger partial charge in [-0.1, -0.05) is 12.1 Å². The van der Waals surface area contributed by atoms with Gasteiger partial charge in [-0.25, -0.2) is 4.79 Å². The van der Waals surface area contributed by atoms with Crippen LogP contribution in [0.25, 0.3) is 0 Å². The van der Waals surface area contributed by atoms with E-state index in [1.807, 2.05) is 6.92 Å². The van der Waals surface area contributed by atoms with Gasteiger partial charge in [-0.2, -0.15) is 8.78 Å². The molecule has 1 rings (SSSR count). The molecular formula is C15H22F2N2O3. The molecule has 1 aromatic rings. The Morgan fingerprint density at radius 1 is 1.23 bits per heavy atom. The predicted molar refractivity (Wildman–Crippen MR) is 78.9 cm³/mol. The Morgan fingerprint density at radius 3 is 2.41 bits per heavy atom. The highest BCUT2D eigenvalue weighted by atomic mass is 19.3. The van der Waals surface area contributed by atoms with E-state index < -0.39 is 6.61 Å². The molecule has 0 fully saturated rings. The lowest BCUT2D eigenvalue weighted by atomic mass is 10.1. The highest BCUT2D eigenvalue weighted by molar-refractivity contribution is 5.74. The molecule has 2 amide bonds. The second-order valence-corrected chi connectivity index (χ2v) is 5.05. The van der Waals surface area contributed by atoms with Gasteiger partial charge in [0.15, 0.2) is 0 Å². The number of benzene rings is 1. The number of carbonyl (C=O) groups is 1. The Bertz CT molecular complexity index is 455. The van der Waals surface area contributed by atoms with Crippen LogP contribution in [-0.2, 0) is 0 Å². The second kappa shape index (κ2) is 9.19. The number of aliphatic hydroxyl groups is 1. The van der Waals surface area contributed by atoms with Crippen molar-refractivity contribution in [1.29, 1.82) is 0 Å². The van der Waals surface area contributed by atoms with Gasteiger partial charge in [-0.3, -0.25) is 0 Å². The largest absolute Gasteiger partial charge is 0.435 e. The first-order chi connectivity index (χ1) is 10.4. The van der Waals surface area contributed by atoms with Gasteiger partial charge in [0.2, 0.25) is 0 Å². The van der Waals surface area contributed by atoms with Gasteiger partial charge < -0.3 is 20.5 Å². The smallest absolute Gasteiger partial charge is 0.387 e. The van der Waals surface area contributed by atoms with Crippen LogP contribution in [0.5, 0.6) is 5.75 Å². The average Bonchev–Trinajstić information content (AvgIpc) is 2.45. The van der Waals surface area contributed by atoms with Crippen LogP contribution >= 0.6 is 0 Å². The lowest BCUT2D eigenvalue weighted by Gasteiger charge is -2.18. The van der Waals surface area contributed by atoms with Gasteiger partial charge in [0.05, 0.1) is 6.04 Å². The molecule has 7 heteroatoms. The second-order valence-electron chi connectivity index (χ2n) is 5.05. The highest BCUT2D eigenvalue weighted by Crippen LogP contribution is 2.19. The summed E-state index contributed by atoms with van der Waals surface area (Å²) in [5.41, 5.74) is 0.778. The van der Waals surface area contributed by atoms with Crippen molar-refractivity contribution in [3.8, 4) is 5.75 Å². The number of amides is 2. The molecule has 2 unspecified atom stereocenters. The highest BCUT2D eigenvalue weighted by Gasteiger charge is 2.12. The lowest BCUT2D eigenvalue weighted by molar-refractivity contribution is -0.0498. The van der Waals surface area contributed by atoms with E-state index in [-0.39, 0.29) is 30.5 Å². The van der Waals surface area contributed by atoms with E-state index in [9.17, 15) is 13.6 Å². The van der Waals surface area contributed by atoms with Crippen LogP contribution < -0.4 is 15.4 Å². The van der Waals surface area contributed by atoms with Crippen molar-refractivity contribution in [1.82, 2.24) is 10.6 Å². The number of urea groups is 1. The van der Waals surface area contributed by atoms with E-state index >= 15 is 0 Å². The monoisotopic (exact) mass is 316 g/mol. The molecule has 0 aliphatic rings. The fourth-order valence-electron chi connectivity index (χ4n) is 1.95. The predicted octanol–water partition coefficient (Wildman–Crippen LogP) is 2.81. The number of rotatable bonds is 8. The van der Waals surface area contributed by atoms with E-state index in [1.165, 1.54) is 12.1 Å². The molecule has 0 bridgehead atoms. The molecule has 1 aromatic carbocycles. The molecule has 22 heavy (non-hydrogen) atoms. The van der Waals surface area contributed by atoms with Crippen LogP contribution in [0.1, 0.15) is 38.3 Å². The molecule has 2 atom stereocenters. The summed E-state index contributed by atoms with van der Waals surface area (Å²) < 4.78 is 28.4. The summed E-state index contributed by atoms with van der Waals surface area (Å²) in [6, 6.07) is 5.48. The molecule has 0 saturated heterocycles. The Morgan fingerprint density at radius 2 is 1.86 bits per heavy atom. The molecule has 0 heterocycles. The third kappa shape index (κ3) is 6.71. The van der Waals surface area contributed by atoms with Crippen LogP contribution in [0.3, 0.4) is 0 Å². The summed E-state index contributed by atoms with van der Waals surface area (Å²) in [6.07, 6.45) is 1.32. The van der Waals surface area contributed by atoms with E-state index in [1.54, 1.807) is 19.1 Å². The van der Waals surface area contributed by atoms with Crippen molar-refractivity contribution in [3.63, 3.8) is 0 Å². The topological polar surface area (TPSA) is 70.6 Å². The lowest BCUT2D eigenvalue weighted by Crippen LogP contribution is -2.41. The average molecular weight is 316 g/mol. The SMILES string of the molecule is CC(CCCO)NC(=O)NC(C)c1ccc(OC(F)F)cc1. The minimum absolute atomic E-state index is 0.0406. The normalized spacial score (nSPS) is 13.5. The maximum atomic E-state index is 12.1. The van der Waals surface area contributed by atoms with E-state index in [0.29, 0.717) is 12.8 Å². The molecule has 5 nitrogen and oxygen atoms in total. The van der Waals surface area contributed by atoms with Crippen LogP contribution in [0.2, 0.25) is 0 Å². The van der Waals surface area contributed by atoms with E-state index in [4.69, 9.17) is 5.11 Å². The van der Waals surface area contributed by atoms with Gasteiger partial charge in [-0.15, -0.1) is 0 Å². The van der Waals surface area contributed by atoms with Crippen LogP contribution in [0.4, 0.5) is 13.6 Å². The first-order valence-electron chi connectivity index (χ1n) is 7.15. The minimum Gasteiger partial charge on any atom is -0.435 e. The summed E-state index contributed by atoms with van der Waals surface area (Å²) in [6.45, 7) is 0.890. The quantitative estimate of drug-likeness (QED) is 0.690. The van der Waals surface area contributed by atoms with Gasteiger partial charge in [0.25, 0.3) is 0 Å². The van der Waals surface area contributed by atoms with E-state index in [2.05, 4.69) is 15.4 Å². The summed E-state index contributed by atoms with van der Waals surface area (Å²) in [4.78, 5) is 11.8. The minimum atomic E-state index is -2.85. The summed E-state index contributed by atoms with van der Waals surface area (Å²) >= 11 is 0. The third-order valence-corrected chi connectivity index (χ3v) is 3.13. The Hall–Kier alpha value is -1.89. The van der Waals surface area contributed by atoms with Gasteiger partial charge in [0, 0.05) is 12.6 Å². The zero-order valence-corrected chi connectivity index (χ0v) is 12.7. The number of halogens is 2.